The van der Waals surface area contributed by atoms with Crippen molar-refractivity contribution < 1.29 is 9.84 Å². The number of rotatable bonds is 5. The van der Waals surface area contributed by atoms with Crippen LogP contribution in [0.5, 0.6) is 0 Å². The zero-order valence-electron chi connectivity index (χ0n) is 11.6. The van der Waals surface area contributed by atoms with Crippen molar-refractivity contribution in [3.05, 3.63) is 35.4 Å². The van der Waals surface area contributed by atoms with Gasteiger partial charge in [-0.2, -0.15) is 0 Å². The first-order valence-corrected chi connectivity index (χ1v) is 6.96. The van der Waals surface area contributed by atoms with Crippen LogP contribution < -0.4 is 0 Å². The average Bonchev–Trinajstić information content (AvgIpc) is 2.27. The fourth-order valence-electron chi connectivity index (χ4n) is 2.54. The second kappa shape index (κ2) is 5.41. The Morgan fingerprint density at radius 2 is 1.89 bits per heavy atom. The topological polar surface area (TPSA) is 29.5 Å². The largest absolute Gasteiger partial charge is 0.385 e. The van der Waals surface area contributed by atoms with Crippen molar-refractivity contribution in [1.29, 1.82) is 0 Å². The summed E-state index contributed by atoms with van der Waals surface area (Å²) in [5, 5.41) is 10.4. The average molecular weight is 248 g/mol. The van der Waals surface area contributed by atoms with Gasteiger partial charge in [0.15, 0.2) is 0 Å². The Bertz CT molecular complexity index is 377. The Morgan fingerprint density at radius 1 is 1.28 bits per heavy atom. The molecule has 1 aromatic carbocycles. The molecule has 0 radical (unpaired) electrons. The number of aliphatic hydroxyl groups is 1. The van der Waals surface area contributed by atoms with E-state index in [1.807, 2.05) is 32.9 Å². The smallest absolute Gasteiger partial charge is 0.107 e. The van der Waals surface area contributed by atoms with E-state index in [0.717, 1.165) is 11.5 Å². The van der Waals surface area contributed by atoms with E-state index in [2.05, 4.69) is 12.1 Å². The highest BCUT2D eigenvalue weighted by Crippen LogP contribution is 2.37. The first-order chi connectivity index (χ1) is 8.54. The number of hydrogen-bond acceptors (Lipinski definition) is 2. The van der Waals surface area contributed by atoms with Crippen LogP contribution in [0.2, 0.25) is 0 Å². The van der Waals surface area contributed by atoms with Gasteiger partial charge in [0.2, 0.25) is 0 Å². The van der Waals surface area contributed by atoms with Gasteiger partial charge in [0, 0.05) is 6.61 Å². The summed E-state index contributed by atoms with van der Waals surface area (Å²) in [5.74, 6) is 0.746. The molecule has 18 heavy (non-hydrogen) atoms. The van der Waals surface area contributed by atoms with E-state index < -0.39 is 11.7 Å². The lowest BCUT2D eigenvalue weighted by Gasteiger charge is -2.31. The fraction of sp³-hybridized carbons (Fsp3) is 0.625. The highest BCUT2D eigenvalue weighted by molar-refractivity contribution is 5.28. The van der Waals surface area contributed by atoms with Gasteiger partial charge >= 0.3 is 0 Å². The summed E-state index contributed by atoms with van der Waals surface area (Å²) in [4.78, 5) is 0. The predicted octanol–water partition coefficient (Wildman–Crippen LogP) is 3.80. The maximum Gasteiger partial charge on any atom is 0.107 e. The van der Waals surface area contributed by atoms with Crippen LogP contribution in [0.1, 0.15) is 63.2 Å². The summed E-state index contributed by atoms with van der Waals surface area (Å²) in [5.41, 5.74) is 1.81. The second-order valence-corrected chi connectivity index (χ2v) is 5.73. The Kier molecular flexibility index (Phi) is 4.08. The maximum absolute atomic E-state index is 10.4. The highest BCUT2D eigenvalue weighted by atomic mass is 16.5. The van der Waals surface area contributed by atoms with Crippen LogP contribution in [0.4, 0.5) is 0 Å². The molecule has 0 heterocycles. The van der Waals surface area contributed by atoms with Crippen molar-refractivity contribution >= 4 is 0 Å². The van der Waals surface area contributed by atoms with E-state index in [0.29, 0.717) is 6.61 Å². The Labute approximate surface area is 110 Å². The lowest BCUT2D eigenvalue weighted by atomic mass is 9.79. The molecule has 1 atom stereocenters. The summed E-state index contributed by atoms with van der Waals surface area (Å²) < 4.78 is 5.61. The highest BCUT2D eigenvalue weighted by Gasteiger charge is 2.29. The zero-order chi connectivity index (χ0) is 13.2. The molecule has 1 fully saturated rings. The number of benzene rings is 1. The molecule has 0 aliphatic heterocycles. The van der Waals surface area contributed by atoms with Crippen LogP contribution in [-0.2, 0) is 4.74 Å². The van der Waals surface area contributed by atoms with E-state index in [1.54, 1.807) is 0 Å². The van der Waals surface area contributed by atoms with Gasteiger partial charge < -0.3 is 9.84 Å². The van der Waals surface area contributed by atoms with Gasteiger partial charge in [-0.25, -0.2) is 0 Å². The molecule has 0 spiro atoms. The molecule has 0 saturated heterocycles. The molecule has 2 rings (SSSR count). The third-order valence-corrected chi connectivity index (χ3v) is 4.00. The standard InChI is InChI=1S/C16H24O2/c1-4-18-16(2,3)15(17)14-10-8-13(9-11-14)12-6-5-7-12/h8-12,15,17H,4-7H2,1-3H3. The molecule has 100 valence electrons. The van der Waals surface area contributed by atoms with Crippen LogP contribution in [0.15, 0.2) is 24.3 Å². The Hall–Kier alpha value is -0.860. The van der Waals surface area contributed by atoms with Crippen molar-refractivity contribution in [3.8, 4) is 0 Å². The second-order valence-electron chi connectivity index (χ2n) is 5.73. The van der Waals surface area contributed by atoms with Crippen molar-refractivity contribution in [2.75, 3.05) is 6.61 Å². The summed E-state index contributed by atoms with van der Waals surface area (Å²) in [6.07, 6.45) is 3.40. The van der Waals surface area contributed by atoms with E-state index in [1.165, 1.54) is 24.8 Å². The maximum atomic E-state index is 10.4. The number of aliphatic hydroxyl groups excluding tert-OH is 1. The lowest BCUT2D eigenvalue weighted by molar-refractivity contribution is -0.0983. The molecule has 1 unspecified atom stereocenters. The third-order valence-electron chi connectivity index (χ3n) is 4.00. The normalized spacial score (nSPS) is 18.4. The van der Waals surface area contributed by atoms with Gasteiger partial charge in [0.1, 0.15) is 6.10 Å². The van der Waals surface area contributed by atoms with Crippen LogP contribution in [0.3, 0.4) is 0 Å². The molecule has 0 aromatic heterocycles. The van der Waals surface area contributed by atoms with Crippen molar-refractivity contribution in [2.45, 2.75) is 57.7 Å². The lowest BCUT2D eigenvalue weighted by Crippen LogP contribution is -2.32. The molecule has 1 aromatic rings. The van der Waals surface area contributed by atoms with Gasteiger partial charge in [0.05, 0.1) is 5.60 Å². The molecule has 0 bridgehead atoms. The van der Waals surface area contributed by atoms with Gasteiger partial charge in [-0.1, -0.05) is 30.7 Å². The summed E-state index contributed by atoms with van der Waals surface area (Å²) in [6, 6.07) is 8.40. The monoisotopic (exact) mass is 248 g/mol. The van der Waals surface area contributed by atoms with Crippen molar-refractivity contribution in [3.63, 3.8) is 0 Å². The van der Waals surface area contributed by atoms with Gasteiger partial charge in [-0.3, -0.25) is 0 Å². The van der Waals surface area contributed by atoms with Gasteiger partial charge in [-0.15, -0.1) is 0 Å². The van der Waals surface area contributed by atoms with Crippen LogP contribution in [0.25, 0.3) is 0 Å². The summed E-state index contributed by atoms with van der Waals surface area (Å²) in [6.45, 7) is 6.43. The zero-order valence-corrected chi connectivity index (χ0v) is 11.6. The summed E-state index contributed by atoms with van der Waals surface area (Å²) >= 11 is 0. The fourth-order valence-corrected chi connectivity index (χ4v) is 2.54. The Balaban J connectivity index is 2.08. The van der Waals surface area contributed by atoms with E-state index in [-0.39, 0.29) is 0 Å². The molecule has 2 heteroatoms. The molecule has 1 saturated carbocycles. The minimum Gasteiger partial charge on any atom is -0.385 e. The van der Waals surface area contributed by atoms with Crippen molar-refractivity contribution in [2.24, 2.45) is 0 Å². The van der Waals surface area contributed by atoms with Gasteiger partial charge in [0.25, 0.3) is 0 Å². The third kappa shape index (κ3) is 2.76. The predicted molar refractivity (Wildman–Crippen MR) is 73.7 cm³/mol. The number of hydrogen-bond donors (Lipinski definition) is 1. The van der Waals surface area contributed by atoms with E-state index in [9.17, 15) is 5.11 Å². The molecule has 1 aliphatic carbocycles. The van der Waals surface area contributed by atoms with Crippen LogP contribution in [0, 0.1) is 0 Å². The molecule has 0 amide bonds. The van der Waals surface area contributed by atoms with Crippen LogP contribution in [-0.4, -0.2) is 17.3 Å². The molecule has 2 nitrogen and oxygen atoms in total. The first kappa shape index (κ1) is 13.6. The molecular weight excluding hydrogens is 224 g/mol. The Morgan fingerprint density at radius 3 is 2.33 bits per heavy atom. The summed E-state index contributed by atoms with van der Waals surface area (Å²) in [7, 11) is 0. The van der Waals surface area contributed by atoms with E-state index in [4.69, 9.17) is 4.74 Å². The van der Waals surface area contributed by atoms with Gasteiger partial charge in [-0.05, 0) is 50.7 Å². The minimum absolute atomic E-state index is 0.535. The quantitative estimate of drug-likeness (QED) is 0.858. The minimum atomic E-state index is -0.576. The van der Waals surface area contributed by atoms with Crippen LogP contribution >= 0.6 is 0 Å². The molecular formula is C16H24O2. The van der Waals surface area contributed by atoms with E-state index >= 15 is 0 Å². The molecule has 1 aliphatic rings. The molecule has 1 N–H and O–H groups in total. The first-order valence-electron chi connectivity index (χ1n) is 6.96. The van der Waals surface area contributed by atoms with Crippen molar-refractivity contribution in [1.82, 2.24) is 0 Å². The number of ether oxygens (including phenoxy) is 1. The SMILES string of the molecule is CCOC(C)(C)C(O)c1ccc(C2CCC2)cc1.